The van der Waals surface area contributed by atoms with Gasteiger partial charge in [0.25, 0.3) is 0 Å². The van der Waals surface area contributed by atoms with Crippen LogP contribution in [0.5, 0.6) is 5.75 Å². The van der Waals surface area contributed by atoms with Crippen LogP contribution in [0.4, 0.5) is 0 Å². The van der Waals surface area contributed by atoms with E-state index in [0.717, 1.165) is 33.7 Å². The quantitative estimate of drug-likeness (QED) is 0.792. The Balaban J connectivity index is 2.04. The van der Waals surface area contributed by atoms with Gasteiger partial charge < -0.3 is 9.72 Å². The van der Waals surface area contributed by atoms with Crippen LogP contribution < -0.4 is 4.74 Å². The van der Waals surface area contributed by atoms with Gasteiger partial charge in [-0.15, -0.1) is 0 Å². The van der Waals surface area contributed by atoms with E-state index < -0.39 is 5.41 Å². The number of benzene rings is 2. The summed E-state index contributed by atoms with van der Waals surface area (Å²) >= 11 is 0. The highest BCUT2D eigenvalue weighted by Crippen LogP contribution is 2.27. The molecule has 3 aromatic rings. The molecule has 0 atom stereocenters. The van der Waals surface area contributed by atoms with Crippen molar-refractivity contribution in [2.75, 3.05) is 7.11 Å². The molecule has 0 saturated carbocycles. The van der Waals surface area contributed by atoms with Gasteiger partial charge >= 0.3 is 0 Å². The Kier molecular flexibility index (Phi) is 3.34. The fourth-order valence-electron chi connectivity index (χ4n) is 2.34. The van der Waals surface area contributed by atoms with Crippen molar-refractivity contribution in [1.29, 1.82) is 5.26 Å². The number of nitrogens with zero attached hydrogens (tertiary/aromatic N) is 2. The number of rotatable bonds is 3. The highest BCUT2D eigenvalue weighted by Gasteiger charge is 2.20. The highest BCUT2D eigenvalue weighted by atomic mass is 16.5. The topological polar surface area (TPSA) is 61.7 Å². The average Bonchev–Trinajstić information content (AvgIpc) is 2.98. The van der Waals surface area contributed by atoms with E-state index in [9.17, 15) is 5.26 Å². The Hall–Kier alpha value is -2.80. The van der Waals surface area contributed by atoms with Crippen LogP contribution in [-0.2, 0) is 5.41 Å². The number of aromatic amines is 1. The van der Waals surface area contributed by atoms with E-state index in [4.69, 9.17) is 4.74 Å². The van der Waals surface area contributed by atoms with Crippen LogP contribution >= 0.6 is 0 Å². The number of aromatic nitrogens is 2. The molecule has 0 aliphatic carbocycles. The SMILES string of the molecule is COc1ccc(-c2nc3cc(C(C)(C)C#N)ccc3[nH]2)cc1. The van der Waals surface area contributed by atoms with Gasteiger partial charge in [0.05, 0.1) is 29.6 Å². The molecular weight excluding hydrogens is 274 g/mol. The van der Waals surface area contributed by atoms with Crippen molar-refractivity contribution in [1.82, 2.24) is 9.97 Å². The number of hydrogen-bond donors (Lipinski definition) is 1. The average molecular weight is 291 g/mol. The van der Waals surface area contributed by atoms with E-state index in [0.29, 0.717) is 0 Å². The lowest BCUT2D eigenvalue weighted by Gasteiger charge is -2.14. The normalized spacial score (nSPS) is 11.4. The third-order valence-electron chi connectivity index (χ3n) is 3.85. The van der Waals surface area contributed by atoms with Crippen molar-refractivity contribution in [2.24, 2.45) is 0 Å². The highest BCUT2D eigenvalue weighted by molar-refractivity contribution is 5.80. The minimum Gasteiger partial charge on any atom is -0.497 e. The fourth-order valence-corrected chi connectivity index (χ4v) is 2.34. The zero-order chi connectivity index (χ0) is 15.7. The largest absolute Gasteiger partial charge is 0.497 e. The van der Waals surface area contributed by atoms with Crippen LogP contribution in [0.1, 0.15) is 19.4 Å². The Morgan fingerprint density at radius 2 is 1.86 bits per heavy atom. The molecule has 0 amide bonds. The van der Waals surface area contributed by atoms with Gasteiger partial charge in [0, 0.05) is 5.56 Å². The molecule has 22 heavy (non-hydrogen) atoms. The lowest BCUT2D eigenvalue weighted by atomic mass is 9.86. The number of fused-ring (bicyclic) bond motifs is 1. The summed E-state index contributed by atoms with van der Waals surface area (Å²) in [4.78, 5) is 7.95. The number of H-pyrrole nitrogens is 1. The van der Waals surface area contributed by atoms with Gasteiger partial charge in [0.1, 0.15) is 11.6 Å². The zero-order valence-corrected chi connectivity index (χ0v) is 12.8. The minimum atomic E-state index is -0.520. The van der Waals surface area contributed by atoms with E-state index in [1.54, 1.807) is 7.11 Å². The molecule has 4 nitrogen and oxygen atoms in total. The molecule has 0 spiro atoms. The van der Waals surface area contributed by atoms with Crippen LogP contribution in [0.25, 0.3) is 22.4 Å². The van der Waals surface area contributed by atoms with E-state index in [1.165, 1.54) is 0 Å². The number of imidazole rings is 1. The molecule has 1 heterocycles. The van der Waals surface area contributed by atoms with Gasteiger partial charge in [-0.3, -0.25) is 0 Å². The molecule has 0 bridgehead atoms. The second kappa shape index (κ2) is 5.19. The fraction of sp³-hybridized carbons (Fsp3) is 0.222. The first-order valence-electron chi connectivity index (χ1n) is 7.09. The van der Waals surface area contributed by atoms with Crippen molar-refractivity contribution in [3.8, 4) is 23.2 Å². The lowest BCUT2D eigenvalue weighted by Crippen LogP contribution is -2.13. The predicted octanol–water partition coefficient (Wildman–Crippen LogP) is 4.04. The van der Waals surface area contributed by atoms with Crippen LogP contribution in [0.2, 0.25) is 0 Å². The molecule has 4 heteroatoms. The number of hydrogen-bond acceptors (Lipinski definition) is 3. The maximum atomic E-state index is 9.26. The van der Waals surface area contributed by atoms with Crippen LogP contribution in [0, 0.1) is 11.3 Å². The Bertz CT molecular complexity index is 854. The molecule has 0 radical (unpaired) electrons. The smallest absolute Gasteiger partial charge is 0.138 e. The van der Waals surface area contributed by atoms with Gasteiger partial charge in [0.15, 0.2) is 0 Å². The maximum Gasteiger partial charge on any atom is 0.138 e. The summed E-state index contributed by atoms with van der Waals surface area (Å²) < 4.78 is 5.17. The second-order valence-electron chi connectivity index (χ2n) is 5.78. The Labute approximate surface area is 129 Å². The molecular formula is C18H17N3O. The first kappa shape index (κ1) is 14.2. The molecule has 0 saturated heterocycles. The molecule has 0 unspecified atom stereocenters. The Morgan fingerprint density at radius 3 is 2.50 bits per heavy atom. The first-order valence-corrected chi connectivity index (χ1v) is 7.09. The monoisotopic (exact) mass is 291 g/mol. The molecule has 1 N–H and O–H groups in total. The summed E-state index contributed by atoms with van der Waals surface area (Å²) in [6, 6.07) is 16.0. The first-order chi connectivity index (χ1) is 10.5. The minimum absolute atomic E-state index is 0.520. The van der Waals surface area contributed by atoms with Crippen molar-refractivity contribution in [3.63, 3.8) is 0 Å². The van der Waals surface area contributed by atoms with E-state index in [2.05, 4.69) is 16.0 Å². The molecule has 0 aliphatic heterocycles. The number of methoxy groups -OCH3 is 1. The van der Waals surface area contributed by atoms with Crippen LogP contribution in [-0.4, -0.2) is 17.1 Å². The van der Waals surface area contributed by atoms with E-state index in [1.807, 2.05) is 56.3 Å². The second-order valence-corrected chi connectivity index (χ2v) is 5.78. The summed E-state index contributed by atoms with van der Waals surface area (Å²) in [6.07, 6.45) is 0. The molecule has 110 valence electrons. The molecule has 3 rings (SSSR count). The molecule has 0 fully saturated rings. The van der Waals surface area contributed by atoms with Gasteiger partial charge in [-0.1, -0.05) is 6.07 Å². The summed E-state index contributed by atoms with van der Waals surface area (Å²) in [6.45, 7) is 3.82. The molecule has 0 aliphatic rings. The Morgan fingerprint density at radius 1 is 1.14 bits per heavy atom. The summed E-state index contributed by atoms with van der Waals surface area (Å²) in [7, 11) is 1.65. The predicted molar refractivity (Wildman–Crippen MR) is 86.7 cm³/mol. The number of nitrogens with one attached hydrogen (secondary N) is 1. The van der Waals surface area contributed by atoms with Crippen LogP contribution in [0.3, 0.4) is 0 Å². The summed E-state index contributed by atoms with van der Waals surface area (Å²) in [5.74, 6) is 1.63. The number of ether oxygens (including phenoxy) is 1. The maximum absolute atomic E-state index is 9.26. The molecule has 2 aromatic carbocycles. The molecule has 1 aromatic heterocycles. The lowest BCUT2D eigenvalue weighted by molar-refractivity contribution is 0.415. The van der Waals surface area contributed by atoms with Gasteiger partial charge in [0.2, 0.25) is 0 Å². The van der Waals surface area contributed by atoms with Crippen molar-refractivity contribution in [2.45, 2.75) is 19.3 Å². The third kappa shape index (κ3) is 2.42. The van der Waals surface area contributed by atoms with Gasteiger partial charge in [-0.2, -0.15) is 5.26 Å². The number of nitriles is 1. The van der Waals surface area contributed by atoms with E-state index in [-0.39, 0.29) is 0 Å². The standard InChI is InChI=1S/C18H17N3O/c1-18(2,11-19)13-6-9-15-16(10-13)21-17(20-15)12-4-7-14(22-3)8-5-12/h4-10H,1-3H3,(H,20,21). The summed E-state index contributed by atoms with van der Waals surface area (Å²) in [5.41, 5.74) is 3.27. The van der Waals surface area contributed by atoms with Crippen molar-refractivity contribution in [3.05, 3.63) is 48.0 Å². The van der Waals surface area contributed by atoms with Crippen molar-refractivity contribution >= 4 is 11.0 Å². The zero-order valence-electron chi connectivity index (χ0n) is 12.8. The van der Waals surface area contributed by atoms with Gasteiger partial charge in [-0.25, -0.2) is 4.98 Å². The van der Waals surface area contributed by atoms with Crippen molar-refractivity contribution < 1.29 is 4.74 Å². The van der Waals surface area contributed by atoms with Gasteiger partial charge in [-0.05, 0) is 55.8 Å². The third-order valence-corrected chi connectivity index (χ3v) is 3.85. The van der Waals surface area contributed by atoms with E-state index >= 15 is 0 Å². The summed E-state index contributed by atoms with van der Waals surface area (Å²) in [5, 5.41) is 9.26. The van der Waals surface area contributed by atoms with Crippen LogP contribution in [0.15, 0.2) is 42.5 Å².